The first kappa shape index (κ1) is 13.7. The summed E-state index contributed by atoms with van der Waals surface area (Å²) in [7, 11) is 0. The number of aromatic nitrogens is 1. The van der Waals surface area contributed by atoms with Crippen LogP contribution in [0.4, 0.5) is 4.39 Å². The predicted octanol–water partition coefficient (Wildman–Crippen LogP) is 3.47. The molecule has 1 atom stereocenters. The van der Waals surface area contributed by atoms with Gasteiger partial charge in [-0.3, -0.25) is 9.78 Å². The van der Waals surface area contributed by atoms with E-state index in [2.05, 4.69) is 26.2 Å². The number of rotatable bonds is 3. The molecule has 0 fully saturated rings. The highest BCUT2D eigenvalue weighted by Crippen LogP contribution is 2.16. The molecule has 1 amide bonds. The lowest BCUT2D eigenvalue weighted by Gasteiger charge is -2.14. The van der Waals surface area contributed by atoms with E-state index in [4.69, 9.17) is 0 Å². The van der Waals surface area contributed by atoms with E-state index in [1.807, 2.05) is 13.0 Å². The van der Waals surface area contributed by atoms with Crippen molar-refractivity contribution >= 4 is 21.8 Å². The average molecular weight is 323 g/mol. The van der Waals surface area contributed by atoms with Crippen LogP contribution >= 0.6 is 15.9 Å². The van der Waals surface area contributed by atoms with Gasteiger partial charge in [0.1, 0.15) is 5.82 Å². The first-order valence-corrected chi connectivity index (χ1v) is 6.52. The maximum atomic E-state index is 13.2. The van der Waals surface area contributed by atoms with Gasteiger partial charge in [-0.15, -0.1) is 0 Å². The summed E-state index contributed by atoms with van der Waals surface area (Å²) in [6.45, 7) is 1.85. The normalized spacial score (nSPS) is 11.9. The van der Waals surface area contributed by atoms with Crippen LogP contribution in [0.1, 0.15) is 28.9 Å². The first-order valence-electron chi connectivity index (χ1n) is 5.73. The number of carbonyl (C=O) groups is 1. The van der Waals surface area contributed by atoms with Crippen LogP contribution in [0.25, 0.3) is 0 Å². The van der Waals surface area contributed by atoms with Crippen molar-refractivity contribution in [2.75, 3.05) is 0 Å². The van der Waals surface area contributed by atoms with E-state index in [1.54, 1.807) is 24.5 Å². The van der Waals surface area contributed by atoms with Crippen LogP contribution in [0.2, 0.25) is 0 Å². The number of carbonyl (C=O) groups excluding carboxylic acids is 1. The van der Waals surface area contributed by atoms with Crippen LogP contribution in [0.3, 0.4) is 0 Å². The van der Waals surface area contributed by atoms with Gasteiger partial charge in [-0.2, -0.15) is 0 Å². The van der Waals surface area contributed by atoms with Gasteiger partial charge in [0.25, 0.3) is 5.91 Å². The minimum Gasteiger partial charge on any atom is -0.345 e. The molecule has 0 spiro atoms. The molecule has 0 aliphatic carbocycles. The molecule has 0 unspecified atom stereocenters. The van der Waals surface area contributed by atoms with E-state index >= 15 is 0 Å². The largest absolute Gasteiger partial charge is 0.345 e. The van der Waals surface area contributed by atoms with Crippen LogP contribution in [0.15, 0.2) is 47.2 Å². The molecule has 0 radical (unpaired) electrons. The zero-order chi connectivity index (χ0) is 13.8. The van der Waals surface area contributed by atoms with Crippen LogP contribution in [0.5, 0.6) is 0 Å². The van der Waals surface area contributed by atoms with Gasteiger partial charge in [0.05, 0.1) is 6.04 Å². The monoisotopic (exact) mass is 322 g/mol. The molecular weight excluding hydrogens is 311 g/mol. The maximum absolute atomic E-state index is 13.2. The van der Waals surface area contributed by atoms with E-state index in [0.29, 0.717) is 4.47 Å². The van der Waals surface area contributed by atoms with Crippen LogP contribution in [-0.4, -0.2) is 10.9 Å². The Labute approximate surface area is 119 Å². The van der Waals surface area contributed by atoms with E-state index < -0.39 is 5.82 Å². The number of nitrogens with zero attached hydrogens (tertiary/aromatic N) is 1. The third-order valence-corrected chi connectivity index (χ3v) is 3.11. The highest BCUT2D eigenvalue weighted by molar-refractivity contribution is 9.10. The number of hydrogen-bond donors (Lipinski definition) is 1. The van der Waals surface area contributed by atoms with Crippen molar-refractivity contribution in [3.8, 4) is 0 Å². The Balaban J connectivity index is 2.13. The van der Waals surface area contributed by atoms with Crippen molar-refractivity contribution in [2.45, 2.75) is 13.0 Å². The molecule has 2 rings (SSSR count). The zero-order valence-electron chi connectivity index (χ0n) is 10.2. The Morgan fingerprint density at radius 3 is 2.84 bits per heavy atom. The highest BCUT2D eigenvalue weighted by atomic mass is 79.9. The third kappa shape index (κ3) is 3.61. The second kappa shape index (κ2) is 5.93. The standard InChI is InChI=1S/C14H12BrFN2O/c1-9(10-3-2-4-17-8-10)18-14(19)11-5-12(15)7-13(16)6-11/h2-9H,1H3,(H,18,19)/t9-/m1/s1. The maximum Gasteiger partial charge on any atom is 0.251 e. The van der Waals surface area contributed by atoms with E-state index in [0.717, 1.165) is 5.56 Å². The van der Waals surface area contributed by atoms with Gasteiger partial charge >= 0.3 is 0 Å². The molecule has 0 aliphatic heterocycles. The topological polar surface area (TPSA) is 42.0 Å². The second-order valence-corrected chi connectivity index (χ2v) is 5.06. The van der Waals surface area contributed by atoms with Gasteiger partial charge < -0.3 is 5.32 Å². The van der Waals surface area contributed by atoms with Gasteiger partial charge in [-0.05, 0) is 36.8 Å². The fourth-order valence-electron chi connectivity index (χ4n) is 1.68. The Bertz CT molecular complexity index is 569. The molecule has 0 aliphatic rings. The molecule has 19 heavy (non-hydrogen) atoms. The molecule has 1 aromatic heterocycles. The van der Waals surface area contributed by atoms with Gasteiger partial charge in [-0.1, -0.05) is 22.0 Å². The molecule has 3 nitrogen and oxygen atoms in total. The molecule has 2 aromatic rings. The SMILES string of the molecule is C[C@@H](NC(=O)c1cc(F)cc(Br)c1)c1cccnc1. The van der Waals surface area contributed by atoms with Crippen molar-refractivity contribution in [1.82, 2.24) is 10.3 Å². The van der Waals surface area contributed by atoms with Crippen LogP contribution < -0.4 is 5.32 Å². The molecule has 1 aromatic carbocycles. The van der Waals surface area contributed by atoms with Gasteiger partial charge in [-0.25, -0.2) is 4.39 Å². The third-order valence-electron chi connectivity index (χ3n) is 2.66. The predicted molar refractivity (Wildman–Crippen MR) is 74.2 cm³/mol. The van der Waals surface area contributed by atoms with Gasteiger partial charge in [0.15, 0.2) is 0 Å². The summed E-state index contributed by atoms with van der Waals surface area (Å²) in [5.41, 5.74) is 1.17. The molecule has 1 N–H and O–H groups in total. The number of nitrogens with one attached hydrogen (secondary N) is 1. The van der Waals surface area contributed by atoms with E-state index in [9.17, 15) is 9.18 Å². The summed E-state index contributed by atoms with van der Waals surface area (Å²) >= 11 is 3.16. The lowest BCUT2D eigenvalue weighted by molar-refractivity contribution is 0.0939. The van der Waals surface area contributed by atoms with E-state index in [1.165, 1.54) is 12.1 Å². The molecule has 0 bridgehead atoms. The number of amides is 1. The average Bonchev–Trinajstić information content (AvgIpc) is 2.38. The van der Waals surface area contributed by atoms with Crippen molar-refractivity contribution in [1.29, 1.82) is 0 Å². The van der Waals surface area contributed by atoms with Gasteiger partial charge in [0.2, 0.25) is 0 Å². The van der Waals surface area contributed by atoms with Crippen LogP contribution in [-0.2, 0) is 0 Å². The fraction of sp³-hybridized carbons (Fsp3) is 0.143. The van der Waals surface area contributed by atoms with E-state index in [-0.39, 0.29) is 17.5 Å². The fourth-order valence-corrected chi connectivity index (χ4v) is 2.15. The van der Waals surface area contributed by atoms with Crippen molar-refractivity contribution in [2.24, 2.45) is 0 Å². The summed E-state index contributed by atoms with van der Waals surface area (Å²) in [4.78, 5) is 16.0. The molecule has 1 heterocycles. The summed E-state index contributed by atoms with van der Waals surface area (Å²) in [6.07, 6.45) is 3.36. The molecule has 0 saturated carbocycles. The van der Waals surface area contributed by atoms with Gasteiger partial charge in [0, 0.05) is 22.4 Å². The number of hydrogen-bond acceptors (Lipinski definition) is 2. The Hall–Kier alpha value is -1.75. The Kier molecular flexibility index (Phi) is 4.27. The summed E-state index contributed by atoms with van der Waals surface area (Å²) in [5.74, 6) is -0.773. The van der Waals surface area contributed by atoms with Crippen molar-refractivity contribution in [3.05, 3.63) is 64.1 Å². The Morgan fingerprint density at radius 1 is 1.42 bits per heavy atom. The highest BCUT2D eigenvalue weighted by Gasteiger charge is 2.12. The number of halogens is 2. The molecule has 5 heteroatoms. The number of pyridine rings is 1. The minimum absolute atomic E-state index is 0.191. The summed E-state index contributed by atoms with van der Waals surface area (Å²) in [6, 6.07) is 7.57. The molecule has 0 saturated heterocycles. The van der Waals surface area contributed by atoms with Crippen molar-refractivity contribution < 1.29 is 9.18 Å². The quantitative estimate of drug-likeness (QED) is 0.940. The summed E-state index contributed by atoms with van der Waals surface area (Å²) in [5, 5.41) is 2.80. The molecule has 98 valence electrons. The second-order valence-electron chi connectivity index (χ2n) is 4.14. The smallest absolute Gasteiger partial charge is 0.251 e. The van der Waals surface area contributed by atoms with Crippen LogP contribution in [0, 0.1) is 5.82 Å². The minimum atomic E-state index is -0.450. The lowest BCUT2D eigenvalue weighted by Crippen LogP contribution is -2.26. The van der Waals surface area contributed by atoms with Crippen molar-refractivity contribution in [3.63, 3.8) is 0 Å². The lowest BCUT2D eigenvalue weighted by atomic mass is 10.1. The molecular formula is C14H12BrFN2O. The Morgan fingerprint density at radius 2 is 2.21 bits per heavy atom. The number of benzene rings is 1. The zero-order valence-corrected chi connectivity index (χ0v) is 11.8. The first-order chi connectivity index (χ1) is 9.06. The summed E-state index contributed by atoms with van der Waals surface area (Å²) < 4.78 is 13.8.